The highest BCUT2D eigenvalue weighted by molar-refractivity contribution is 6.34. The van der Waals surface area contributed by atoms with Crippen molar-refractivity contribution >= 4 is 29.1 Å². The van der Waals surface area contributed by atoms with Gasteiger partial charge in [-0.25, -0.2) is 0 Å². The summed E-state index contributed by atoms with van der Waals surface area (Å²) in [4.78, 5) is 16.1. The van der Waals surface area contributed by atoms with Crippen LogP contribution in [0.3, 0.4) is 0 Å². The van der Waals surface area contributed by atoms with Gasteiger partial charge < -0.3 is 10.1 Å². The molecule has 1 heterocycles. The fourth-order valence-corrected chi connectivity index (χ4v) is 1.96. The van der Waals surface area contributed by atoms with Crippen molar-refractivity contribution in [2.24, 2.45) is 0 Å². The third-order valence-corrected chi connectivity index (χ3v) is 3.28. The van der Waals surface area contributed by atoms with E-state index in [0.29, 0.717) is 22.3 Å². The summed E-state index contributed by atoms with van der Waals surface area (Å²) in [5, 5.41) is 3.65. The number of carbonyl (C=O) groups is 1. The Balaban J connectivity index is 1.92. The Morgan fingerprint density at radius 2 is 2.14 bits per heavy atom. The molecule has 0 saturated carbocycles. The van der Waals surface area contributed by atoms with E-state index < -0.39 is 6.10 Å². The lowest BCUT2D eigenvalue weighted by Gasteiger charge is -2.15. The van der Waals surface area contributed by atoms with Crippen LogP contribution in [0.25, 0.3) is 0 Å². The average molecular weight is 325 g/mol. The topological polar surface area (TPSA) is 51.2 Å². The van der Waals surface area contributed by atoms with E-state index in [1.807, 2.05) is 18.2 Å². The highest BCUT2D eigenvalue weighted by Gasteiger charge is 2.16. The summed E-state index contributed by atoms with van der Waals surface area (Å²) in [5.41, 5.74) is 0.777. The number of rotatable bonds is 5. The van der Waals surface area contributed by atoms with Gasteiger partial charge >= 0.3 is 0 Å². The molecule has 0 saturated heterocycles. The van der Waals surface area contributed by atoms with Gasteiger partial charge in [-0.1, -0.05) is 29.3 Å². The second-order valence-electron chi connectivity index (χ2n) is 4.37. The highest BCUT2D eigenvalue weighted by atomic mass is 35.5. The zero-order valence-electron chi connectivity index (χ0n) is 11.3. The van der Waals surface area contributed by atoms with Crippen LogP contribution in [-0.2, 0) is 11.3 Å². The SMILES string of the molecule is CC(Oc1cc(Cl)ccc1Cl)C(=O)NCc1ccccn1. The maximum atomic E-state index is 12.0. The lowest BCUT2D eigenvalue weighted by Crippen LogP contribution is -2.36. The first kappa shape index (κ1) is 15.6. The average Bonchev–Trinajstić information content (AvgIpc) is 2.49. The molecule has 0 bridgehead atoms. The van der Waals surface area contributed by atoms with Crippen molar-refractivity contribution in [2.75, 3.05) is 0 Å². The van der Waals surface area contributed by atoms with Gasteiger partial charge in [0.2, 0.25) is 0 Å². The zero-order valence-corrected chi connectivity index (χ0v) is 12.9. The van der Waals surface area contributed by atoms with E-state index in [-0.39, 0.29) is 5.91 Å². The fourth-order valence-electron chi connectivity index (χ4n) is 1.64. The Morgan fingerprint density at radius 1 is 1.33 bits per heavy atom. The van der Waals surface area contributed by atoms with Gasteiger partial charge in [0.15, 0.2) is 6.10 Å². The molecular weight excluding hydrogens is 311 g/mol. The summed E-state index contributed by atoms with van der Waals surface area (Å²) in [6.07, 6.45) is 0.984. The first-order valence-electron chi connectivity index (χ1n) is 6.35. The lowest BCUT2D eigenvalue weighted by molar-refractivity contribution is -0.127. The molecule has 0 radical (unpaired) electrons. The molecule has 2 rings (SSSR count). The number of nitrogens with zero attached hydrogens (tertiary/aromatic N) is 1. The van der Waals surface area contributed by atoms with E-state index in [2.05, 4.69) is 10.3 Å². The van der Waals surface area contributed by atoms with Crippen LogP contribution in [0.5, 0.6) is 5.75 Å². The van der Waals surface area contributed by atoms with Gasteiger partial charge in [-0.3, -0.25) is 9.78 Å². The number of carbonyl (C=O) groups excluding carboxylic acids is 1. The van der Waals surface area contributed by atoms with Gasteiger partial charge in [0.05, 0.1) is 17.3 Å². The number of benzene rings is 1. The van der Waals surface area contributed by atoms with Gasteiger partial charge in [0, 0.05) is 17.3 Å². The van der Waals surface area contributed by atoms with E-state index >= 15 is 0 Å². The quantitative estimate of drug-likeness (QED) is 0.916. The Kier molecular flexibility index (Phi) is 5.42. The monoisotopic (exact) mass is 324 g/mol. The Hall–Kier alpha value is -1.78. The normalized spacial score (nSPS) is 11.8. The van der Waals surface area contributed by atoms with E-state index in [9.17, 15) is 4.79 Å². The van der Waals surface area contributed by atoms with Crippen molar-refractivity contribution in [3.05, 3.63) is 58.3 Å². The van der Waals surface area contributed by atoms with Gasteiger partial charge in [-0.15, -0.1) is 0 Å². The molecule has 1 N–H and O–H groups in total. The first-order valence-corrected chi connectivity index (χ1v) is 7.11. The summed E-state index contributed by atoms with van der Waals surface area (Å²) in [5.74, 6) is 0.126. The molecule has 1 unspecified atom stereocenters. The molecule has 1 atom stereocenters. The summed E-state index contributed by atoms with van der Waals surface area (Å²) in [6.45, 7) is 1.99. The van der Waals surface area contributed by atoms with Crippen LogP contribution in [0, 0.1) is 0 Å². The largest absolute Gasteiger partial charge is 0.479 e. The third-order valence-electron chi connectivity index (χ3n) is 2.74. The number of hydrogen-bond donors (Lipinski definition) is 1. The molecule has 6 heteroatoms. The van der Waals surface area contributed by atoms with Gasteiger partial charge in [0.1, 0.15) is 5.75 Å². The number of hydrogen-bond acceptors (Lipinski definition) is 3. The molecule has 4 nitrogen and oxygen atoms in total. The molecule has 2 aromatic rings. The van der Waals surface area contributed by atoms with E-state index in [4.69, 9.17) is 27.9 Å². The third kappa shape index (κ3) is 4.62. The number of nitrogens with one attached hydrogen (secondary N) is 1. The molecule has 0 aliphatic rings. The van der Waals surface area contributed by atoms with Gasteiger partial charge in [-0.05, 0) is 31.2 Å². The summed E-state index contributed by atoms with van der Waals surface area (Å²) < 4.78 is 5.53. The van der Waals surface area contributed by atoms with Gasteiger partial charge in [0.25, 0.3) is 5.91 Å². The van der Waals surface area contributed by atoms with Crippen LogP contribution in [-0.4, -0.2) is 17.0 Å². The molecule has 21 heavy (non-hydrogen) atoms. The van der Waals surface area contributed by atoms with Gasteiger partial charge in [-0.2, -0.15) is 0 Å². The number of pyridine rings is 1. The summed E-state index contributed by atoms with van der Waals surface area (Å²) >= 11 is 11.9. The minimum absolute atomic E-state index is 0.253. The van der Waals surface area contributed by atoms with Crippen molar-refractivity contribution in [1.82, 2.24) is 10.3 Å². The van der Waals surface area contributed by atoms with Crippen molar-refractivity contribution in [3.8, 4) is 5.75 Å². The van der Waals surface area contributed by atoms with Crippen molar-refractivity contribution < 1.29 is 9.53 Å². The van der Waals surface area contributed by atoms with Crippen LogP contribution in [0.2, 0.25) is 10.0 Å². The van der Waals surface area contributed by atoms with Crippen molar-refractivity contribution in [3.63, 3.8) is 0 Å². The Labute approximate surface area is 133 Å². The molecule has 110 valence electrons. The molecule has 1 amide bonds. The predicted molar refractivity (Wildman–Crippen MR) is 82.6 cm³/mol. The second-order valence-corrected chi connectivity index (χ2v) is 5.22. The molecule has 0 spiro atoms. The lowest BCUT2D eigenvalue weighted by atomic mass is 10.3. The maximum Gasteiger partial charge on any atom is 0.261 e. The zero-order chi connectivity index (χ0) is 15.2. The molecular formula is C15H14Cl2N2O2. The number of amides is 1. The number of halogens is 2. The van der Waals surface area contributed by atoms with E-state index in [0.717, 1.165) is 5.69 Å². The molecule has 0 aliphatic carbocycles. The smallest absolute Gasteiger partial charge is 0.261 e. The molecule has 1 aromatic heterocycles. The Bertz CT molecular complexity index is 620. The van der Waals surface area contributed by atoms with Crippen LogP contribution in [0.15, 0.2) is 42.6 Å². The fraction of sp³-hybridized carbons (Fsp3) is 0.200. The van der Waals surface area contributed by atoms with Crippen LogP contribution in [0.4, 0.5) is 0 Å². The van der Waals surface area contributed by atoms with Crippen molar-refractivity contribution in [1.29, 1.82) is 0 Å². The van der Waals surface area contributed by atoms with E-state index in [1.54, 1.807) is 31.3 Å². The number of ether oxygens (including phenoxy) is 1. The second kappa shape index (κ2) is 7.29. The Morgan fingerprint density at radius 3 is 2.86 bits per heavy atom. The first-order chi connectivity index (χ1) is 10.1. The standard InChI is InChI=1S/C15H14Cl2N2O2/c1-10(21-14-8-11(16)5-6-13(14)17)15(20)19-9-12-4-2-3-7-18-12/h2-8,10H,9H2,1H3,(H,19,20). The predicted octanol–water partition coefficient (Wildman–Crippen LogP) is 3.47. The molecule has 1 aromatic carbocycles. The summed E-state index contributed by atoms with van der Waals surface area (Å²) in [7, 11) is 0. The van der Waals surface area contributed by atoms with Crippen LogP contribution < -0.4 is 10.1 Å². The number of aromatic nitrogens is 1. The molecule has 0 fully saturated rings. The molecule has 0 aliphatic heterocycles. The van der Waals surface area contributed by atoms with Crippen LogP contribution >= 0.6 is 23.2 Å². The minimum atomic E-state index is -0.690. The van der Waals surface area contributed by atoms with E-state index in [1.165, 1.54) is 0 Å². The van der Waals surface area contributed by atoms with Crippen LogP contribution in [0.1, 0.15) is 12.6 Å². The minimum Gasteiger partial charge on any atom is -0.479 e. The highest BCUT2D eigenvalue weighted by Crippen LogP contribution is 2.28. The summed E-state index contributed by atoms with van der Waals surface area (Å²) in [6, 6.07) is 10.4. The maximum absolute atomic E-state index is 12.0. The van der Waals surface area contributed by atoms with Crippen molar-refractivity contribution in [2.45, 2.75) is 19.6 Å².